The summed E-state index contributed by atoms with van der Waals surface area (Å²) in [6, 6.07) is 7.56. The minimum absolute atomic E-state index is 0.0732. The fraction of sp³-hybridized carbons (Fsp3) is 0.600. The van der Waals surface area contributed by atoms with E-state index in [1.165, 1.54) is 0 Å². The van der Waals surface area contributed by atoms with Gasteiger partial charge in [0, 0.05) is 19.6 Å². The van der Waals surface area contributed by atoms with Crippen molar-refractivity contribution in [3.63, 3.8) is 0 Å². The van der Waals surface area contributed by atoms with E-state index in [0.717, 1.165) is 30.9 Å². The van der Waals surface area contributed by atoms with Crippen LogP contribution in [0.3, 0.4) is 0 Å². The molecular formula is C15H23NO3. The smallest absolute Gasteiger partial charge is 0.119 e. The number of nitrogens with zero attached hydrogens (tertiary/aromatic N) is 1. The molecule has 1 aromatic rings. The summed E-state index contributed by atoms with van der Waals surface area (Å²) in [5, 5.41) is 8.97. The minimum Gasteiger partial charge on any atom is -0.492 e. The average Bonchev–Trinajstić information content (AvgIpc) is 2.38. The van der Waals surface area contributed by atoms with Gasteiger partial charge in [-0.2, -0.15) is 0 Å². The number of aliphatic hydroxyl groups excluding tert-OH is 1. The van der Waals surface area contributed by atoms with Gasteiger partial charge < -0.3 is 14.6 Å². The summed E-state index contributed by atoms with van der Waals surface area (Å²) >= 11 is 0. The van der Waals surface area contributed by atoms with E-state index in [2.05, 4.69) is 18.7 Å². The second-order valence-electron chi connectivity index (χ2n) is 5.17. The van der Waals surface area contributed by atoms with Crippen LogP contribution in [-0.4, -0.2) is 48.5 Å². The molecule has 1 heterocycles. The van der Waals surface area contributed by atoms with E-state index < -0.39 is 0 Å². The Morgan fingerprint density at radius 3 is 2.42 bits per heavy atom. The minimum atomic E-state index is 0.0732. The van der Waals surface area contributed by atoms with Gasteiger partial charge in [0.05, 0.1) is 18.8 Å². The van der Waals surface area contributed by atoms with Gasteiger partial charge in [0.2, 0.25) is 0 Å². The first-order chi connectivity index (χ1) is 9.17. The zero-order chi connectivity index (χ0) is 13.7. The lowest BCUT2D eigenvalue weighted by atomic mass is 10.2. The average molecular weight is 265 g/mol. The summed E-state index contributed by atoms with van der Waals surface area (Å²) in [6.45, 7) is 7.82. The molecule has 0 unspecified atom stereocenters. The highest BCUT2D eigenvalue weighted by Crippen LogP contribution is 2.13. The molecule has 2 rings (SSSR count). The van der Waals surface area contributed by atoms with Crippen molar-refractivity contribution in [3.05, 3.63) is 29.8 Å². The topological polar surface area (TPSA) is 41.9 Å². The highest BCUT2D eigenvalue weighted by molar-refractivity contribution is 5.26. The summed E-state index contributed by atoms with van der Waals surface area (Å²) in [6.07, 6.45) is 0.597. The van der Waals surface area contributed by atoms with E-state index in [-0.39, 0.29) is 6.61 Å². The van der Waals surface area contributed by atoms with Crippen molar-refractivity contribution in [1.82, 2.24) is 4.90 Å². The molecule has 0 aliphatic carbocycles. The van der Waals surface area contributed by atoms with Gasteiger partial charge in [-0.05, 0) is 31.5 Å². The van der Waals surface area contributed by atoms with E-state index >= 15 is 0 Å². The zero-order valence-corrected chi connectivity index (χ0v) is 11.7. The summed E-state index contributed by atoms with van der Waals surface area (Å²) in [5.74, 6) is 0.853. The molecular weight excluding hydrogens is 242 g/mol. The molecule has 0 amide bonds. The van der Waals surface area contributed by atoms with Gasteiger partial charge in [-0.15, -0.1) is 0 Å². The van der Waals surface area contributed by atoms with Gasteiger partial charge in [0.25, 0.3) is 0 Å². The fourth-order valence-corrected chi connectivity index (χ4v) is 2.45. The molecule has 1 saturated heterocycles. The van der Waals surface area contributed by atoms with Gasteiger partial charge in [0.15, 0.2) is 0 Å². The molecule has 1 aliphatic rings. The number of ether oxygens (including phenoxy) is 2. The summed E-state index contributed by atoms with van der Waals surface area (Å²) in [7, 11) is 0. The Balaban J connectivity index is 1.73. The van der Waals surface area contributed by atoms with E-state index in [4.69, 9.17) is 14.6 Å². The Hall–Kier alpha value is -1.10. The van der Waals surface area contributed by atoms with Crippen LogP contribution in [0.15, 0.2) is 24.3 Å². The van der Waals surface area contributed by atoms with Gasteiger partial charge in [0.1, 0.15) is 12.4 Å². The summed E-state index contributed by atoms with van der Waals surface area (Å²) in [5.41, 5.74) is 0.906. The molecule has 0 radical (unpaired) electrons. The standard InChI is InChI=1S/C15H23NO3/c1-12-9-16(10-13(2)19-12)7-8-18-15-5-3-14(11-17)4-6-15/h3-6,12-13,17H,7-11H2,1-2H3/t12-,13+. The number of rotatable bonds is 5. The van der Waals surface area contributed by atoms with Crippen LogP contribution in [-0.2, 0) is 11.3 Å². The van der Waals surface area contributed by atoms with Crippen molar-refractivity contribution in [2.24, 2.45) is 0 Å². The first-order valence-electron chi connectivity index (χ1n) is 6.88. The van der Waals surface area contributed by atoms with Crippen LogP contribution in [0.2, 0.25) is 0 Å². The first kappa shape index (κ1) is 14.3. The first-order valence-corrected chi connectivity index (χ1v) is 6.88. The summed E-state index contributed by atoms with van der Waals surface area (Å²) in [4.78, 5) is 2.38. The highest BCUT2D eigenvalue weighted by Gasteiger charge is 2.21. The predicted molar refractivity (Wildman–Crippen MR) is 74.3 cm³/mol. The normalized spacial score (nSPS) is 24.4. The van der Waals surface area contributed by atoms with E-state index in [9.17, 15) is 0 Å². The van der Waals surface area contributed by atoms with Crippen LogP contribution in [0, 0.1) is 0 Å². The van der Waals surface area contributed by atoms with Crippen LogP contribution < -0.4 is 4.74 Å². The molecule has 1 aliphatic heterocycles. The third-order valence-corrected chi connectivity index (χ3v) is 3.28. The van der Waals surface area contributed by atoms with Gasteiger partial charge in [-0.25, -0.2) is 0 Å². The third kappa shape index (κ3) is 4.49. The second kappa shape index (κ2) is 6.89. The lowest BCUT2D eigenvalue weighted by Gasteiger charge is -2.35. The lowest BCUT2D eigenvalue weighted by molar-refractivity contribution is -0.0699. The number of morpholine rings is 1. The summed E-state index contributed by atoms with van der Waals surface area (Å²) < 4.78 is 11.4. The van der Waals surface area contributed by atoms with E-state index in [1.807, 2.05) is 24.3 Å². The highest BCUT2D eigenvalue weighted by atomic mass is 16.5. The van der Waals surface area contributed by atoms with Crippen molar-refractivity contribution in [1.29, 1.82) is 0 Å². The van der Waals surface area contributed by atoms with Gasteiger partial charge >= 0.3 is 0 Å². The largest absolute Gasteiger partial charge is 0.492 e. The third-order valence-electron chi connectivity index (χ3n) is 3.28. The van der Waals surface area contributed by atoms with Crippen LogP contribution in [0.25, 0.3) is 0 Å². The number of benzene rings is 1. The molecule has 1 fully saturated rings. The molecule has 4 nitrogen and oxygen atoms in total. The molecule has 0 saturated carbocycles. The maximum atomic E-state index is 8.97. The molecule has 106 valence electrons. The molecule has 4 heteroatoms. The van der Waals surface area contributed by atoms with Crippen molar-refractivity contribution in [2.45, 2.75) is 32.7 Å². The van der Waals surface area contributed by atoms with Crippen LogP contribution in [0.1, 0.15) is 19.4 Å². The number of hydrogen-bond acceptors (Lipinski definition) is 4. The predicted octanol–water partition coefficient (Wildman–Crippen LogP) is 1.67. The molecule has 2 atom stereocenters. The lowest BCUT2D eigenvalue weighted by Crippen LogP contribution is -2.46. The quantitative estimate of drug-likeness (QED) is 0.879. The van der Waals surface area contributed by atoms with Crippen LogP contribution in [0.5, 0.6) is 5.75 Å². The van der Waals surface area contributed by atoms with Crippen molar-refractivity contribution >= 4 is 0 Å². The number of hydrogen-bond donors (Lipinski definition) is 1. The van der Waals surface area contributed by atoms with Crippen molar-refractivity contribution in [2.75, 3.05) is 26.2 Å². The van der Waals surface area contributed by atoms with Crippen LogP contribution >= 0.6 is 0 Å². The van der Waals surface area contributed by atoms with Gasteiger partial charge in [-0.1, -0.05) is 12.1 Å². The SMILES string of the molecule is C[C@@H]1CN(CCOc2ccc(CO)cc2)C[C@H](C)O1. The van der Waals surface area contributed by atoms with E-state index in [0.29, 0.717) is 18.8 Å². The molecule has 0 aromatic heterocycles. The molecule has 0 bridgehead atoms. The molecule has 1 N–H and O–H groups in total. The van der Waals surface area contributed by atoms with Gasteiger partial charge in [-0.3, -0.25) is 4.90 Å². The van der Waals surface area contributed by atoms with Crippen LogP contribution in [0.4, 0.5) is 0 Å². The van der Waals surface area contributed by atoms with Crippen molar-refractivity contribution in [3.8, 4) is 5.75 Å². The molecule has 1 aromatic carbocycles. The molecule has 19 heavy (non-hydrogen) atoms. The maximum Gasteiger partial charge on any atom is 0.119 e. The Morgan fingerprint density at radius 2 is 1.84 bits per heavy atom. The molecule has 0 spiro atoms. The van der Waals surface area contributed by atoms with Crippen molar-refractivity contribution < 1.29 is 14.6 Å². The number of aliphatic hydroxyl groups is 1. The Bertz CT molecular complexity index is 369. The Labute approximate surface area is 114 Å². The monoisotopic (exact) mass is 265 g/mol. The second-order valence-corrected chi connectivity index (χ2v) is 5.17. The van der Waals surface area contributed by atoms with E-state index in [1.54, 1.807) is 0 Å². The maximum absolute atomic E-state index is 8.97. The Morgan fingerprint density at radius 1 is 1.21 bits per heavy atom. The fourth-order valence-electron chi connectivity index (χ4n) is 2.45. The zero-order valence-electron chi connectivity index (χ0n) is 11.7. The Kier molecular flexibility index (Phi) is 5.19.